The third-order valence-corrected chi connectivity index (χ3v) is 3.30. The number of carbonyl (C=O) groups is 1. The van der Waals surface area contributed by atoms with Crippen LogP contribution in [0.2, 0.25) is 0 Å². The third kappa shape index (κ3) is 3.24. The fraction of sp³-hybridized carbons (Fsp3) is 0.917. The zero-order valence-corrected chi connectivity index (χ0v) is 11.3. The first kappa shape index (κ1) is 14.7. The van der Waals surface area contributed by atoms with Crippen molar-refractivity contribution < 1.29 is 24.1 Å². The van der Waals surface area contributed by atoms with Gasteiger partial charge < -0.3 is 30.4 Å². The molecule has 0 unspecified atom stereocenters. The van der Waals surface area contributed by atoms with Gasteiger partial charge in [0.15, 0.2) is 5.79 Å². The van der Waals surface area contributed by atoms with E-state index in [2.05, 4.69) is 5.32 Å². The number of nitrogens with one attached hydrogen (secondary N) is 1. The predicted octanol–water partition coefficient (Wildman–Crippen LogP) is -1.27. The highest BCUT2D eigenvalue weighted by Crippen LogP contribution is 2.39. The molecule has 2 aliphatic heterocycles. The monoisotopic (exact) mass is 274 g/mol. The van der Waals surface area contributed by atoms with Gasteiger partial charge in [-0.15, -0.1) is 0 Å². The van der Waals surface area contributed by atoms with E-state index in [0.29, 0.717) is 6.54 Å². The van der Waals surface area contributed by atoms with Gasteiger partial charge in [-0.05, 0) is 13.8 Å². The Hall–Kier alpha value is -0.730. The maximum Gasteiger partial charge on any atom is 0.222 e. The molecule has 2 saturated heterocycles. The number of hydrogen-bond acceptors (Lipinski definition) is 6. The van der Waals surface area contributed by atoms with E-state index in [4.69, 9.17) is 25.1 Å². The van der Waals surface area contributed by atoms with E-state index in [1.807, 2.05) is 13.8 Å². The molecule has 0 radical (unpaired) electrons. The lowest BCUT2D eigenvalue weighted by Crippen LogP contribution is -2.36. The number of carbonyl (C=O) groups excluding carboxylic acids is 1. The molecule has 2 heterocycles. The third-order valence-electron chi connectivity index (χ3n) is 3.30. The molecule has 4 N–H and O–H groups in total. The zero-order chi connectivity index (χ0) is 14.0. The summed E-state index contributed by atoms with van der Waals surface area (Å²) in [6.07, 6.45) is -0.933. The summed E-state index contributed by atoms with van der Waals surface area (Å²) >= 11 is 0. The lowest BCUT2D eigenvalue weighted by atomic mass is 10.1. The van der Waals surface area contributed by atoms with Crippen LogP contribution in [0, 0.1) is 0 Å². The molecule has 0 aliphatic carbocycles. The van der Waals surface area contributed by atoms with Gasteiger partial charge in [0.1, 0.15) is 12.2 Å². The summed E-state index contributed by atoms with van der Waals surface area (Å²) in [5.74, 6) is -0.851. The van der Waals surface area contributed by atoms with Gasteiger partial charge in [0.25, 0.3) is 0 Å². The Morgan fingerprint density at radius 3 is 2.53 bits per heavy atom. The van der Waals surface area contributed by atoms with Crippen LogP contribution in [-0.2, 0) is 19.0 Å². The Kier molecular flexibility index (Phi) is 4.42. The average molecular weight is 274 g/mol. The number of fused-ring (bicyclic) bond motifs is 1. The van der Waals surface area contributed by atoms with Crippen molar-refractivity contribution in [2.45, 2.75) is 50.5 Å². The molecule has 7 nitrogen and oxygen atoms in total. The lowest BCUT2D eigenvalue weighted by molar-refractivity contribution is -0.186. The molecule has 19 heavy (non-hydrogen) atoms. The van der Waals surface area contributed by atoms with Crippen LogP contribution in [-0.4, -0.2) is 60.9 Å². The molecule has 0 aromatic rings. The number of amides is 1. The largest absolute Gasteiger partial charge is 0.395 e. The van der Waals surface area contributed by atoms with E-state index in [9.17, 15) is 4.79 Å². The molecule has 2 rings (SSSR count). The quantitative estimate of drug-likeness (QED) is 0.578. The molecule has 7 heteroatoms. The van der Waals surface area contributed by atoms with E-state index < -0.39 is 5.79 Å². The van der Waals surface area contributed by atoms with Crippen molar-refractivity contribution in [3.05, 3.63) is 0 Å². The highest BCUT2D eigenvalue weighted by molar-refractivity contribution is 5.76. The van der Waals surface area contributed by atoms with Gasteiger partial charge in [0.05, 0.1) is 25.2 Å². The van der Waals surface area contributed by atoms with Crippen LogP contribution in [0.4, 0.5) is 0 Å². The minimum Gasteiger partial charge on any atom is -0.395 e. The molecule has 4 atom stereocenters. The van der Waals surface area contributed by atoms with Crippen molar-refractivity contribution in [3.63, 3.8) is 0 Å². The normalized spacial score (nSPS) is 36.2. The Bertz CT molecular complexity index is 336. The van der Waals surface area contributed by atoms with E-state index >= 15 is 0 Å². The Morgan fingerprint density at radius 1 is 1.32 bits per heavy atom. The van der Waals surface area contributed by atoms with E-state index in [1.165, 1.54) is 0 Å². The molecular weight excluding hydrogens is 252 g/mol. The van der Waals surface area contributed by atoms with Crippen molar-refractivity contribution in [2.75, 3.05) is 19.7 Å². The number of nitrogens with two attached hydrogens (primary N) is 1. The number of aliphatic hydroxyl groups excluding tert-OH is 1. The SMILES string of the molecule is CC1(C)O[C@@H]2[C@H](O1)[C@@H](CN)O[C@H]2CC(=O)NCCO. The summed E-state index contributed by atoms with van der Waals surface area (Å²) in [6.45, 7) is 4.16. The van der Waals surface area contributed by atoms with Gasteiger partial charge in [-0.1, -0.05) is 0 Å². The highest BCUT2D eigenvalue weighted by Gasteiger charge is 2.54. The first-order chi connectivity index (χ1) is 8.96. The Balaban J connectivity index is 1.96. The van der Waals surface area contributed by atoms with E-state index in [0.717, 1.165) is 0 Å². The lowest BCUT2D eigenvalue weighted by Gasteiger charge is -2.23. The Morgan fingerprint density at radius 2 is 1.95 bits per heavy atom. The van der Waals surface area contributed by atoms with Gasteiger partial charge in [-0.3, -0.25) is 4.79 Å². The van der Waals surface area contributed by atoms with Crippen molar-refractivity contribution in [2.24, 2.45) is 5.73 Å². The molecule has 0 aromatic carbocycles. The second-order valence-corrected chi connectivity index (χ2v) is 5.29. The van der Waals surface area contributed by atoms with Crippen LogP contribution in [0.25, 0.3) is 0 Å². The highest BCUT2D eigenvalue weighted by atomic mass is 16.8. The second kappa shape index (κ2) is 5.72. The Labute approximate surface area is 112 Å². The second-order valence-electron chi connectivity index (χ2n) is 5.29. The molecule has 0 aromatic heterocycles. The summed E-state index contributed by atoms with van der Waals surface area (Å²) in [7, 11) is 0. The van der Waals surface area contributed by atoms with Crippen molar-refractivity contribution in [1.82, 2.24) is 5.32 Å². The first-order valence-electron chi connectivity index (χ1n) is 6.55. The first-order valence-corrected chi connectivity index (χ1v) is 6.55. The maximum absolute atomic E-state index is 11.7. The molecule has 1 amide bonds. The molecule has 0 bridgehead atoms. The molecule has 2 fully saturated rings. The number of aliphatic hydroxyl groups is 1. The predicted molar refractivity (Wildman–Crippen MR) is 66.3 cm³/mol. The molecule has 2 aliphatic rings. The molecular formula is C12H22N2O5. The summed E-state index contributed by atoms with van der Waals surface area (Å²) in [5, 5.41) is 11.3. The fourth-order valence-electron chi connectivity index (χ4n) is 2.58. The van der Waals surface area contributed by atoms with Crippen LogP contribution in [0.1, 0.15) is 20.3 Å². The van der Waals surface area contributed by atoms with Crippen LogP contribution in [0.3, 0.4) is 0 Å². The van der Waals surface area contributed by atoms with E-state index in [1.54, 1.807) is 0 Å². The van der Waals surface area contributed by atoms with Gasteiger partial charge in [-0.25, -0.2) is 0 Å². The summed E-state index contributed by atoms with van der Waals surface area (Å²) < 4.78 is 17.3. The van der Waals surface area contributed by atoms with Crippen LogP contribution in [0.5, 0.6) is 0 Å². The topological polar surface area (TPSA) is 103 Å². The van der Waals surface area contributed by atoms with Gasteiger partial charge in [0.2, 0.25) is 5.91 Å². The summed E-state index contributed by atoms with van der Waals surface area (Å²) in [4.78, 5) is 11.7. The average Bonchev–Trinajstić information content (AvgIpc) is 2.81. The van der Waals surface area contributed by atoms with Crippen LogP contribution >= 0.6 is 0 Å². The van der Waals surface area contributed by atoms with Crippen molar-refractivity contribution in [1.29, 1.82) is 0 Å². The smallest absolute Gasteiger partial charge is 0.222 e. The number of ether oxygens (including phenoxy) is 3. The van der Waals surface area contributed by atoms with Gasteiger partial charge in [-0.2, -0.15) is 0 Å². The minimum atomic E-state index is -0.674. The number of rotatable bonds is 5. The van der Waals surface area contributed by atoms with Gasteiger partial charge in [0, 0.05) is 13.1 Å². The standard InChI is InChI=1S/C12H22N2O5/c1-12(2)18-10-7(5-9(16)14-3-4-15)17-8(6-13)11(10)19-12/h7-8,10-11,15H,3-6,13H2,1-2H3,(H,14,16)/t7-,8+,10-,11+/m0/s1. The molecule has 0 spiro atoms. The number of hydrogen-bond donors (Lipinski definition) is 3. The minimum absolute atomic E-state index is 0.0820. The zero-order valence-electron chi connectivity index (χ0n) is 11.3. The van der Waals surface area contributed by atoms with Crippen LogP contribution < -0.4 is 11.1 Å². The van der Waals surface area contributed by atoms with E-state index in [-0.39, 0.29) is 49.9 Å². The summed E-state index contributed by atoms with van der Waals surface area (Å²) in [6, 6.07) is 0. The fourth-order valence-corrected chi connectivity index (χ4v) is 2.58. The summed E-state index contributed by atoms with van der Waals surface area (Å²) in [5.41, 5.74) is 5.66. The van der Waals surface area contributed by atoms with Crippen LogP contribution in [0.15, 0.2) is 0 Å². The van der Waals surface area contributed by atoms with Crippen molar-refractivity contribution in [3.8, 4) is 0 Å². The van der Waals surface area contributed by atoms with Gasteiger partial charge >= 0.3 is 0 Å². The maximum atomic E-state index is 11.7. The molecule has 0 saturated carbocycles. The van der Waals surface area contributed by atoms with Crippen molar-refractivity contribution >= 4 is 5.91 Å². The molecule has 110 valence electrons.